The molecule has 0 aromatic heterocycles. The molecule has 9 heteroatoms. The van der Waals surface area contributed by atoms with Gasteiger partial charge in [0.1, 0.15) is 6.54 Å². The standard InChI is InChI=1S/C24H24N2O5S2/c1-17-8-10-18(11-9-17)26(33(29,30)20-14-12-19(32-3)13-15-20)16-23(27)25-22-7-5-4-6-21(22)24(28)31-2/h4-15H,16H2,1-3H3,(H,25,27). The molecule has 3 aromatic carbocycles. The lowest BCUT2D eigenvalue weighted by atomic mass is 10.2. The molecule has 0 saturated heterocycles. The molecule has 0 aliphatic heterocycles. The van der Waals surface area contributed by atoms with E-state index in [9.17, 15) is 18.0 Å². The second kappa shape index (κ2) is 10.5. The van der Waals surface area contributed by atoms with Crippen molar-refractivity contribution in [2.24, 2.45) is 0 Å². The molecule has 0 saturated carbocycles. The summed E-state index contributed by atoms with van der Waals surface area (Å²) in [5.41, 5.74) is 1.72. The van der Waals surface area contributed by atoms with Crippen LogP contribution in [-0.4, -0.2) is 40.2 Å². The van der Waals surface area contributed by atoms with Crippen molar-refractivity contribution in [3.05, 3.63) is 83.9 Å². The predicted octanol–water partition coefficient (Wildman–Crippen LogP) is 4.34. The Morgan fingerprint density at radius 1 is 0.970 bits per heavy atom. The Bertz CT molecular complexity index is 1240. The summed E-state index contributed by atoms with van der Waals surface area (Å²) in [6.07, 6.45) is 1.90. The lowest BCUT2D eigenvalue weighted by Gasteiger charge is -2.24. The van der Waals surface area contributed by atoms with Crippen LogP contribution >= 0.6 is 11.8 Å². The molecule has 0 aliphatic carbocycles. The van der Waals surface area contributed by atoms with Gasteiger partial charge in [0, 0.05) is 4.90 Å². The fourth-order valence-electron chi connectivity index (χ4n) is 3.10. The van der Waals surface area contributed by atoms with E-state index in [2.05, 4.69) is 5.32 Å². The van der Waals surface area contributed by atoms with Crippen molar-refractivity contribution in [3.8, 4) is 0 Å². The molecule has 3 rings (SSSR count). The quantitative estimate of drug-likeness (QED) is 0.378. The van der Waals surface area contributed by atoms with Gasteiger partial charge in [-0.05, 0) is 61.7 Å². The van der Waals surface area contributed by atoms with Crippen LogP contribution in [0.1, 0.15) is 15.9 Å². The van der Waals surface area contributed by atoms with E-state index in [4.69, 9.17) is 4.74 Å². The summed E-state index contributed by atoms with van der Waals surface area (Å²) >= 11 is 1.50. The Balaban J connectivity index is 1.95. The summed E-state index contributed by atoms with van der Waals surface area (Å²) in [6.45, 7) is 1.41. The molecule has 1 amide bonds. The number of para-hydroxylation sites is 1. The smallest absolute Gasteiger partial charge is 0.339 e. The molecule has 0 radical (unpaired) electrons. The Kier molecular flexibility index (Phi) is 7.78. The molecule has 0 spiro atoms. The third-order valence-electron chi connectivity index (χ3n) is 4.86. The van der Waals surface area contributed by atoms with Crippen LogP contribution in [0.4, 0.5) is 11.4 Å². The van der Waals surface area contributed by atoms with Crippen molar-refractivity contribution >= 4 is 45.0 Å². The van der Waals surface area contributed by atoms with E-state index in [-0.39, 0.29) is 16.1 Å². The van der Waals surface area contributed by atoms with E-state index >= 15 is 0 Å². The Morgan fingerprint density at radius 3 is 2.21 bits per heavy atom. The van der Waals surface area contributed by atoms with Gasteiger partial charge in [-0.3, -0.25) is 9.10 Å². The molecule has 0 heterocycles. The van der Waals surface area contributed by atoms with Gasteiger partial charge < -0.3 is 10.1 Å². The number of hydrogen-bond acceptors (Lipinski definition) is 6. The summed E-state index contributed by atoms with van der Waals surface area (Å²) in [6, 6.07) is 19.7. The van der Waals surface area contributed by atoms with E-state index in [0.29, 0.717) is 5.69 Å². The number of ether oxygens (including phenoxy) is 1. The van der Waals surface area contributed by atoms with Crippen LogP contribution in [-0.2, 0) is 19.6 Å². The molecule has 0 fully saturated rings. The number of carbonyl (C=O) groups is 2. The first kappa shape index (κ1) is 24.3. The SMILES string of the molecule is COC(=O)c1ccccc1NC(=O)CN(c1ccc(C)cc1)S(=O)(=O)c1ccc(SC)cc1. The summed E-state index contributed by atoms with van der Waals surface area (Å²) in [5.74, 6) is -1.21. The lowest BCUT2D eigenvalue weighted by Crippen LogP contribution is -2.38. The minimum atomic E-state index is -4.04. The summed E-state index contributed by atoms with van der Waals surface area (Å²) < 4.78 is 32.8. The average molecular weight is 485 g/mol. The number of hydrogen-bond donors (Lipinski definition) is 1. The van der Waals surface area contributed by atoms with Gasteiger partial charge in [-0.1, -0.05) is 29.8 Å². The maximum atomic E-state index is 13.5. The summed E-state index contributed by atoms with van der Waals surface area (Å²) in [4.78, 5) is 25.9. The molecule has 0 unspecified atom stereocenters. The number of rotatable bonds is 8. The number of aryl methyl sites for hydroxylation is 1. The average Bonchev–Trinajstić information content (AvgIpc) is 2.83. The van der Waals surface area contributed by atoms with Crippen LogP contribution in [0.3, 0.4) is 0 Å². The number of anilines is 2. The number of sulfonamides is 1. The van der Waals surface area contributed by atoms with Gasteiger partial charge in [-0.15, -0.1) is 11.8 Å². The van der Waals surface area contributed by atoms with Gasteiger partial charge in [0.25, 0.3) is 10.0 Å². The van der Waals surface area contributed by atoms with Crippen molar-refractivity contribution < 1.29 is 22.7 Å². The minimum Gasteiger partial charge on any atom is -0.465 e. The van der Waals surface area contributed by atoms with Gasteiger partial charge in [0.05, 0.1) is 28.9 Å². The van der Waals surface area contributed by atoms with E-state index in [0.717, 1.165) is 14.8 Å². The number of amides is 1. The summed E-state index contributed by atoms with van der Waals surface area (Å²) in [7, 11) is -2.79. The highest BCUT2D eigenvalue weighted by atomic mass is 32.2. The van der Waals surface area contributed by atoms with Gasteiger partial charge in [0.15, 0.2) is 0 Å². The van der Waals surface area contributed by atoms with Crippen molar-refractivity contribution in [3.63, 3.8) is 0 Å². The first-order valence-corrected chi connectivity index (χ1v) is 12.6. The topological polar surface area (TPSA) is 92.8 Å². The van der Waals surface area contributed by atoms with Crippen molar-refractivity contribution in [2.45, 2.75) is 16.7 Å². The highest BCUT2D eigenvalue weighted by Gasteiger charge is 2.27. The monoisotopic (exact) mass is 484 g/mol. The summed E-state index contributed by atoms with van der Waals surface area (Å²) in [5, 5.41) is 2.63. The molecule has 0 bridgehead atoms. The van der Waals surface area contributed by atoms with E-state index in [1.807, 2.05) is 13.2 Å². The minimum absolute atomic E-state index is 0.0728. The van der Waals surface area contributed by atoms with Gasteiger partial charge in [-0.25, -0.2) is 13.2 Å². The number of esters is 1. The van der Waals surface area contributed by atoms with Crippen LogP contribution in [0.5, 0.6) is 0 Å². The lowest BCUT2D eigenvalue weighted by molar-refractivity contribution is -0.114. The zero-order chi connectivity index (χ0) is 24.0. The van der Waals surface area contributed by atoms with E-state index in [1.54, 1.807) is 54.6 Å². The largest absolute Gasteiger partial charge is 0.465 e. The first-order valence-electron chi connectivity index (χ1n) is 9.97. The maximum absolute atomic E-state index is 13.5. The van der Waals surface area contributed by atoms with Crippen molar-refractivity contribution in [1.82, 2.24) is 0 Å². The molecule has 7 nitrogen and oxygen atoms in total. The highest BCUT2D eigenvalue weighted by molar-refractivity contribution is 7.98. The van der Waals surface area contributed by atoms with Gasteiger partial charge in [0.2, 0.25) is 5.91 Å². The highest BCUT2D eigenvalue weighted by Crippen LogP contribution is 2.26. The number of methoxy groups -OCH3 is 1. The number of carbonyl (C=O) groups excluding carboxylic acids is 2. The molecule has 33 heavy (non-hydrogen) atoms. The number of benzene rings is 3. The second-order valence-electron chi connectivity index (χ2n) is 7.11. The maximum Gasteiger partial charge on any atom is 0.339 e. The zero-order valence-electron chi connectivity index (χ0n) is 18.4. The zero-order valence-corrected chi connectivity index (χ0v) is 20.1. The van der Waals surface area contributed by atoms with Gasteiger partial charge in [-0.2, -0.15) is 0 Å². The Labute approximate surface area is 197 Å². The van der Waals surface area contributed by atoms with Crippen LogP contribution in [0.25, 0.3) is 0 Å². The first-order chi connectivity index (χ1) is 15.8. The third kappa shape index (κ3) is 5.74. The van der Waals surface area contributed by atoms with Crippen LogP contribution < -0.4 is 9.62 Å². The second-order valence-corrected chi connectivity index (χ2v) is 9.85. The molecular weight excluding hydrogens is 460 g/mol. The third-order valence-corrected chi connectivity index (χ3v) is 7.39. The molecular formula is C24H24N2O5S2. The Hall–Kier alpha value is -3.30. The molecule has 1 N–H and O–H groups in total. The van der Waals surface area contributed by atoms with Crippen molar-refractivity contribution in [1.29, 1.82) is 0 Å². The number of nitrogens with zero attached hydrogens (tertiary/aromatic N) is 1. The molecule has 0 atom stereocenters. The van der Waals surface area contributed by atoms with Crippen LogP contribution in [0, 0.1) is 6.92 Å². The number of thioether (sulfide) groups is 1. The van der Waals surface area contributed by atoms with Crippen LogP contribution in [0.2, 0.25) is 0 Å². The van der Waals surface area contributed by atoms with E-state index in [1.165, 1.54) is 37.1 Å². The molecule has 3 aromatic rings. The molecule has 172 valence electrons. The predicted molar refractivity (Wildman–Crippen MR) is 130 cm³/mol. The van der Waals surface area contributed by atoms with Gasteiger partial charge >= 0.3 is 5.97 Å². The molecule has 0 aliphatic rings. The number of nitrogens with one attached hydrogen (secondary N) is 1. The van der Waals surface area contributed by atoms with E-state index < -0.39 is 28.4 Å². The van der Waals surface area contributed by atoms with Crippen LogP contribution in [0.15, 0.2) is 82.6 Å². The fraction of sp³-hybridized carbons (Fsp3) is 0.167. The fourth-order valence-corrected chi connectivity index (χ4v) is 4.93. The Morgan fingerprint density at radius 2 is 1.61 bits per heavy atom. The normalized spacial score (nSPS) is 11.0. The van der Waals surface area contributed by atoms with Crippen molar-refractivity contribution in [2.75, 3.05) is 29.5 Å².